The third-order valence-electron chi connectivity index (χ3n) is 4.30. The summed E-state index contributed by atoms with van der Waals surface area (Å²) in [6, 6.07) is 2.12. The number of nitrogens with one attached hydrogen (secondary N) is 1. The molecule has 1 aliphatic heterocycles. The van der Waals surface area contributed by atoms with E-state index in [0.29, 0.717) is 12.0 Å². The van der Waals surface area contributed by atoms with Crippen LogP contribution in [0.25, 0.3) is 0 Å². The lowest BCUT2D eigenvalue weighted by molar-refractivity contribution is -0.129. The van der Waals surface area contributed by atoms with Gasteiger partial charge in [0.05, 0.1) is 6.54 Å². The summed E-state index contributed by atoms with van der Waals surface area (Å²) in [6.45, 7) is 3.71. The Kier molecular flexibility index (Phi) is 3.16. The summed E-state index contributed by atoms with van der Waals surface area (Å²) in [7, 11) is 0. The van der Waals surface area contributed by atoms with Crippen molar-refractivity contribution in [1.82, 2.24) is 10.2 Å². The second-order valence-electron chi connectivity index (χ2n) is 5.88. The monoisotopic (exact) mass is 264 g/mol. The Morgan fingerprint density at radius 1 is 1.50 bits per heavy atom. The number of hydrogen-bond donors (Lipinski definition) is 1. The number of rotatable bonds is 3. The molecule has 0 bridgehead atoms. The van der Waals surface area contributed by atoms with Crippen molar-refractivity contribution in [3.8, 4) is 0 Å². The van der Waals surface area contributed by atoms with E-state index in [-0.39, 0.29) is 12.1 Å². The van der Waals surface area contributed by atoms with E-state index in [9.17, 15) is 4.79 Å². The second kappa shape index (κ2) is 4.67. The summed E-state index contributed by atoms with van der Waals surface area (Å²) < 4.78 is 0. The van der Waals surface area contributed by atoms with E-state index in [1.807, 2.05) is 4.90 Å². The molecule has 0 aromatic carbocycles. The molecule has 1 unspecified atom stereocenters. The standard InChI is InChI=1S/C14H20N2OS/c1-14(5-2-3-6-14)10-16-12(17)8-15-13(16)11-4-7-18-9-11/h4,7,9,13,15H,2-3,5-6,8,10H2,1H3. The Labute approximate surface area is 112 Å². The molecule has 3 rings (SSSR count). The van der Waals surface area contributed by atoms with Crippen LogP contribution in [0.2, 0.25) is 0 Å². The smallest absolute Gasteiger partial charge is 0.238 e. The maximum Gasteiger partial charge on any atom is 0.238 e. The zero-order valence-corrected chi connectivity index (χ0v) is 11.6. The molecule has 2 heterocycles. The molecule has 1 atom stereocenters. The van der Waals surface area contributed by atoms with E-state index in [1.54, 1.807) is 11.3 Å². The lowest BCUT2D eigenvalue weighted by Gasteiger charge is -2.33. The van der Waals surface area contributed by atoms with E-state index in [2.05, 4.69) is 29.1 Å². The normalized spacial score (nSPS) is 27.1. The van der Waals surface area contributed by atoms with Gasteiger partial charge in [0.1, 0.15) is 6.17 Å². The number of carbonyl (C=O) groups is 1. The highest BCUT2D eigenvalue weighted by atomic mass is 32.1. The molecular formula is C14H20N2OS. The van der Waals surface area contributed by atoms with Gasteiger partial charge in [-0.25, -0.2) is 0 Å². The zero-order valence-electron chi connectivity index (χ0n) is 10.8. The average molecular weight is 264 g/mol. The number of nitrogens with zero attached hydrogens (tertiary/aromatic N) is 1. The molecule has 2 fully saturated rings. The summed E-state index contributed by atoms with van der Waals surface area (Å²) in [4.78, 5) is 14.1. The van der Waals surface area contributed by atoms with Gasteiger partial charge in [-0.05, 0) is 40.6 Å². The molecule has 1 aromatic heterocycles. The predicted octanol–water partition coefficient (Wildman–Crippen LogP) is 2.76. The number of carbonyl (C=O) groups excluding carboxylic acids is 1. The molecule has 1 saturated heterocycles. The van der Waals surface area contributed by atoms with Crippen LogP contribution in [0.15, 0.2) is 16.8 Å². The molecule has 1 amide bonds. The molecule has 1 aliphatic carbocycles. The molecule has 18 heavy (non-hydrogen) atoms. The summed E-state index contributed by atoms with van der Waals surface area (Å²) in [5.41, 5.74) is 1.56. The molecule has 2 aliphatic rings. The van der Waals surface area contributed by atoms with E-state index < -0.39 is 0 Å². The van der Waals surface area contributed by atoms with Crippen LogP contribution in [0.3, 0.4) is 0 Å². The highest BCUT2D eigenvalue weighted by Crippen LogP contribution is 2.40. The fraction of sp³-hybridized carbons (Fsp3) is 0.643. The van der Waals surface area contributed by atoms with Crippen LogP contribution in [0.1, 0.15) is 44.3 Å². The minimum absolute atomic E-state index is 0.0983. The van der Waals surface area contributed by atoms with Crippen molar-refractivity contribution in [3.63, 3.8) is 0 Å². The maximum absolute atomic E-state index is 12.1. The Balaban J connectivity index is 1.77. The van der Waals surface area contributed by atoms with Crippen molar-refractivity contribution in [2.24, 2.45) is 5.41 Å². The first-order valence-electron chi connectivity index (χ1n) is 6.73. The van der Waals surface area contributed by atoms with Crippen molar-refractivity contribution in [2.45, 2.75) is 38.8 Å². The van der Waals surface area contributed by atoms with Crippen molar-refractivity contribution >= 4 is 17.2 Å². The molecule has 3 nitrogen and oxygen atoms in total. The topological polar surface area (TPSA) is 32.3 Å². The summed E-state index contributed by atoms with van der Waals surface area (Å²) in [5.74, 6) is 0.249. The lowest BCUT2D eigenvalue weighted by Crippen LogP contribution is -2.38. The first kappa shape index (κ1) is 12.2. The van der Waals surface area contributed by atoms with Gasteiger partial charge in [-0.15, -0.1) is 0 Å². The second-order valence-corrected chi connectivity index (χ2v) is 6.66. The zero-order chi connectivity index (χ0) is 12.6. The molecular weight excluding hydrogens is 244 g/mol. The van der Waals surface area contributed by atoms with Gasteiger partial charge in [0.25, 0.3) is 0 Å². The highest BCUT2D eigenvalue weighted by molar-refractivity contribution is 7.07. The predicted molar refractivity (Wildman–Crippen MR) is 73.4 cm³/mol. The Morgan fingerprint density at radius 3 is 2.94 bits per heavy atom. The fourth-order valence-corrected chi connectivity index (χ4v) is 3.92. The van der Waals surface area contributed by atoms with Crippen molar-refractivity contribution in [3.05, 3.63) is 22.4 Å². The maximum atomic E-state index is 12.1. The quantitative estimate of drug-likeness (QED) is 0.910. The Morgan fingerprint density at radius 2 is 2.28 bits per heavy atom. The van der Waals surface area contributed by atoms with Crippen molar-refractivity contribution < 1.29 is 4.79 Å². The van der Waals surface area contributed by atoms with E-state index in [4.69, 9.17) is 0 Å². The first-order valence-corrected chi connectivity index (χ1v) is 7.67. The van der Waals surface area contributed by atoms with Crippen LogP contribution in [0.5, 0.6) is 0 Å². The summed E-state index contributed by atoms with van der Waals surface area (Å²) in [5, 5.41) is 7.55. The van der Waals surface area contributed by atoms with Gasteiger partial charge in [0.15, 0.2) is 0 Å². The molecule has 98 valence electrons. The SMILES string of the molecule is CC1(CN2C(=O)CNC2c2ccsc2)CCCC1. The first-order chi connectivity index (χ1) is 8.68. The van der Waals surface area contributed by atoms with E-state index in [1.165, 1.54) is 31.2 Å². The van der Waals surface area contributed by atoms with Crippen molar-refractivity contribution in [1.29, 1.82) is 0 Å². The van der Waals surface area contributed by atoms with Crippen LogP contribution in [0, 0.1) is 5.41 Å². The average Bonchev–Trinajstić information content (AvgIpc) is 3.03. The third kappa shape index (κ3) is 2.19. The van der Waals surface area contributed by atoms with Crippen LogP contribution < -0.4 is 5.32 Å². The Bertz CT molecular complexity index is 423. The van der Waals surface area contributed by atoms with Gasteiger partial charge in [0, 0.05) is 6.54 Å². The number of amides is 1. The van der Waals surface area contributed by atoms with Gasteiger partial charge in [0.2, 0.25) is 5.91 Å². The van der Waals surface area contributed by atoms with Gasteiger partial charge in [-0.1, -0.05) is 19.8 Å². The van der Waals surface area contributed by atoms with Crippen molar-refractivity contribution in [2.75, 3.05) is 13.1 Å². The number of hydrogen-bond acceptors (Lipinski definition) is 3. The number of thiophene rings is 1. The summed E-state index contributed by atoms with van der Waals surface area (Å²) >= 11 is 1.69. The largest absolute Gasteiger partial charge is 0.321 e. The van der Waals surface area contributed by atoms with E-state index >= 15 is 0 Å². The lowest BCUT2D eigenvalue weighted by atomic mass is 9.88. The van der Waals surface area contributed by atoms with Gasteiger partial charge >= 0.3 is 0 Å². The molecule has 1 saturated carbocycles. The molecule has 1 aromatic rings. The molecule has 0 radical (unpaired) electrons. The third-order valence-corrected chi connectivity index (χ3v) is 5.00. The van der Waals surface area contributed by atoms with Crippen LogP contribution in [-0.4, -0.2) is 23.9 Å². The van der Waals surface area contributed by atoms with Gasteiger partial charge < -0.3 is 4.90 Å². The highest BCUT2D eigenvalue weighted by Gasteiger charge is 2.38. The molecule has 1 N–H and O–H groups in total. The Hall–Kier alpha value is -0.870. The molecule has 4 heteroatoms. The minimum Gasteiger partial charge on any atom is -0.321 e. The van der Waals surface area contributed by atoms with Crippen LogP contribution in [0.4, 0.5) is 0 Å². The minimum atomic E-state index is 0.0983. The van der Waals surface area contributed by atoms with Gasteiger partial charge in [-0.3, -0.25) is 10.1 Å². The van der Waals surface area contributed by atoms with Crippen LogP contribution in [-0.2, 0) is 4.79 Å². The van der Waals surface area contributed by atoms with E-state index in [0.717, 1.165) is 6.54 Å². The molecule has 0 spiro atoms. The van der Waals surface area contributed by atoms with Crippen LogP contribution >= 0.6 is 11.3 Å². The fourth-order valence-electron chi connectivity index (χ4n) is 3.25. The van der Waals surface area contributed by atoms with Gasteiger partial charge in [-0.2, -0.15) is 11.3 Å². The summed E-state index contributed by atoms with van der Waals surface area (Å²) in [6.07, 6.45) is 5.24.